The molecule has 1 saturated carbocycles. The quantitative estimate of drug-likeness (QED) is 0.0825. The van der Waals surface area contributed by atoms with Crippen LogP contribution in [0.2, 0.25) is 0 Å². The van der Waals surface area contributed by atoms with Crippen molar-refractivity contribution >= 4 is 80.8 Å². The minimum absolute atomic E-state index is 0.00622. The molecule has 2 aliphatic heterocycles. The number of β-lactam (4-membered cyclic amide) rings is 1. The van der Waals surface area contributed by atoms with Crippen LogP contribution in [0.4, 0.5) is 5.13 Å². The van der Waals surface area contributed by atoms with Crippen LogP contribution in [-0.2, 0) is 38.2 Å². The molecule has 0 radical (unpaired) electrons. The van der Waals surface area contributed by atoms with E-state index in [0.29, 0.717) is 34.3 Å². The monoisotopic (exact) mass is 669 g/mol. The maximum atomic E-state index is 13.6. The Morgan fingerprint density at radius 2 is 2.02 bits per heavy atom. The van der Waals surface area contributed by atoms with E-state index in [1.807, 2.05) is 0 Å². The van der Waals surface area contributed by atoms with Crippen LogP contribution in [0, 0.1) is 5.92 Å². The van der Waals surface area contributed by atoms with E-state index in [1.54, 1.807) is 10.9 Å². The number of hydrogen-bond donors (Lipinski definition) is 2. The van der Waals surface area contributed by atoms with E-state index >= 15 is 0 Å². The lowest BCUT2D eigenvalue weighted by Crippen LogP contribution is -2.71. The Balaban J connectivity index is 1.33. The zero-order valence-corrected chi connectivity index (χ0v) is 26.2. The summed E-state index contributed by atoms with van der Waals surface area (Å²) >= 11 is 5.18. The van der Waals surface area contributed by atoms with Crippen LogP contribution in [0.3, 0.4) is 0 Å². The normalized spacial score (nSPS) is 21.2. The fourth-order valence-electron chi connectivity index (χ4n) is 4.68. The van der Waals surface area contributed by atoms with Crippen LogP contribution in [0.25, 0.3) is 0 Å². The highest BCUT2D eigenvalue weighted by atomic mass is 32.2. The highest BCUT2D eigenvalue weighted by molar-refractivity contribution is 8.01. The molecule has 2 unspecified atom stereocenters. The minimum Gasteiger partial charge on any atom is -0.400 e. The number of oxime groups is 1. The van der Waals surface area contributed by atoms with E-state index in [2.05, 4.69) is 25.7 Å². The number of rotatable bonds is 12. The number of aromatic nitrogens is 3. The molecule has 2 aromatic heterocycles. The molecule has 19 heteroatoms. The summed E-state index contributed by atoms with van der Waals surface area (Å²) in [5, 5.41) is 15.4. The number of anilines is 1. The molecule has 3 atom stereocenters. The number of carbonyl (C=O) groups is 4. The van der Waals surface area contributed by atoms with Crippen molar-refractivity contribution in [2.45, 2.75) is 47.9 Å². The summed E-state index contributed by atoms with van der Waals surface area (Å²) in [5.41, 5.74) is 7.92. The number of hydrogen-bond acceptors (Lipinski definition) is 17. The van der Waals surface area contributed by atoms with Gasteiger partial charge in [0.05, 0.1) is 5.92 Å². The number of thioether (sulfide) groups is 2. The summed E-state index contributed by atoms with van der Waals surface area (Å²) in [6.07, 6.45) is 3.24. The fourth-order valence-corrected chi connectivity index (χ4v) is 8.20. The Morgan fingerprint density at radius 3 is 2.67 bits per heavy atom. The first-order valence-electron chi connectivity index (χ1n) is 12.9. The van der Waals surface area contributed by atoms with E-state index in [4.69, 9.17) is 24.8 Å². The zero-order chi connectivity index (χ0) is 30.5. The molecule has 43 heavy (non-hydrogen) atoms. The highest BCUT2D eigenvalue weighted by Crippen LogP contribution is 2.42. The Hall–Kier alpha value is -3.26. The average Bonchev–Trinajstić information content (AvgIpc) is 3.80. The first-order valence-corrected chi connectivity index (χ1v) is 16.7. The van der Waals surface area contributed by atoms with E-state index in [9.17, 15) is 19.2 Å². The molecule has 1 saturated heterocycles. The van der Waals surface area contributed by atoms with Gasteiger partial charge in [-0.1, -0.05) is 41.1 Å². The van der Waals surface area contributed by atoms with Crippen molar-refractivity contribution in [1.29, 1.82) is 0 Å². The molecular formula is C24H27N7O8S4. The summed E-state index contributed by atoms with van der Waals surface area (Å²) in [5.74, 6) is -2.26. The lowest BCUT2D eigenvalue weighted by Gasteiger charge is -2.49. The Labute approximate surface area is 261 Å². The number of nitrogens with zero attached hydrogens (tertiary/aromatic N) is 5. The number of nitrogens with two attached hydrogens (primary N) is 1. The summed E-state index contributed by atoms with van der Waals surface area (Å²) in [7, 11) is 2.52. The lowest BCUT2D eigenvalue weighted by molar-refractivity contribution is -0.258. The molecule has 2 amide bonds. The number of carbonyl (C=O) groups excluding carboxylic acids is 4. The Kier molecular flexibility index (Phi) is 10.2. The second kappa shape index (κ2) is 14.0. The maximum Gasteiger partial charge on any atom is 0.365 e. The van der Waals surface area contributed by atoms with Crippen LogP contribution in [0.1, 0.15) is 31.4 Å². The summed E-state index contributed by atoms with van der Waals surface area (Å²) in [6, 6.07) is -0.978. The highest BCUT2D eigenvalue weighted by Gasteiger charge is 2.55. The van der Waals surface area contributed by atoms with Crippen molar-refractivity contribution in [3.05, 3.63) is 27.9 Å². The third-order valence-corrected chi connectivity index (χ3v) is 10.7. The number of nitrogens with one attached hydrogen (secondary N) is 1. The number of methoxy groups -OCH3 is 1. The second-order valence-electron chi connectivity index (χ2n) is 9.35. The molecule has 3 aliphatic rings. The first kappa shape index (κ1) is 31.2. The van der Waals surface area contributed by atoms with Crippen LogP contribution in [0.15, 0.2) is 31.7 Å². The smallest absolute Gasteiger partial charge is 0.365 e. The van der Waals surface area contributed by atoms with Crippen molar-refractivity contribution in [2.75, 3.05) is 31.5 Å². The molecule has 15 nitrogen and oxygen atoms in total. The van der Waals surface area contributed by atoms with Gasteiger partial charge in [-0.15, -0.1) is 33.3 Å². The third-order valence-electron chi connectivity index (χ3n) is 6.70. The van der Waals surface area contributed by atoms with Gasteiger partial charge >= 0.3 is 18.4 Å². The number of esters is 2. The van der Waals surface area contributed by atoms with Crippen molar-refractivity contribution in [1.82, 2.24) is 25.4 Å². The fraction of sp³-hybridized carbons (Fsp3) is 0.500. The number of amides is 2. The van der Waals surface area contributed by atoms with Crippen LogP contribution in [-0.4, -0.2) is 93.2 Å². The van der Waals surface area contributed by atoms with E-state index in [1.165, 1.54) is 54.0 Å². The Morgan fingerprint density at radius 1 is 1.23 bits per heavy atom. The topological polar surface area (TPSA) is 198 Å². The SMILES string of the molecule is CON=C(C(=O)NC1C(=O)N2C(C(=O)OC(OC)OC(=O)C3CCCC3)=C(CSc3nncs3)CS[C@H]12)c1csc(N)n1. The summed E-state index contributed by atoms with van der Waals surface area (Å²) in [4.78, 5) is 62.8. The molecule has 5 rings (SSSR count). The van der Waals surface area contributed by atoms with E-state index < -0.39 is 41.6 Å². The van der Waals surface area contributed by atoms with Gasteiger partial charge in [-0.05, 0) is 18.4 Å². The molecule has 4 heterocycles. The van der Waals surface area contributed by atoms with Crippen molar-refractivity contribution in [2.24, 2.45) is 11.1 Å². The van der Waals surface area contributed by atoms with Crippen molar-refractivity contribution in [3.8, 4) is 0 Å². The number of fused-ring (bicyclic) bond motifs is 1. The number of ether oxygens (including phenoxy) is 3. The van der Waals surface area contributed by atoms with Gasteiger partial charge in [0.15, 0.2) is 15.2 Å². The predicted molar refractivity (Wildman–Crippen MR) is 158 cm³/mol. The van der Waals surface area contributed by atoms with Gasteiger partial charge < -0.3 is 30.1 Å². The van der Waals surface area contributed by atoms with Gasteiger partial charge in [0, 0.05) is 24.0 Å². The summed E-state index contributed by atoms with van der Waals surface area (Å²) < 4.78 is 16.6. The Bertz CT molecular complexity index is 1430. The third kappa shape index (κ3) is 6.95. The van der Waals surface area contributed by atoms with Gasteiger partial charge in [0.2, 0.25) is 0 Å². The standard InChI is InChI=1S/C24H27N7O8S4/c1-36-24(38-20(34)11-5-3-4-6-11)39-21(35)16-12(8-42-23-29-26-10-43-23)7-40-19-15(18(33)31(16)19)28-17(32)14(30-37-2)13-9-41-22(25)27-13/h9-11,15,19,24H,3-8H2,1-2H3,(H2,25,27)(H,28,32)/t15?,19-,24?/m1/s1. The average molecular weight is 670 g/mol. The molecule has 0 bridgehead atoms. The van der Waals surface area contributed by atoms with Gasteiger partial charge in [-0.3, -0.25) is 19.3 Å². The molecule has 0 spiro atoms. The molecule has 1 aliphatic carbocycles. The van der Waals surface area contributed by atoms with Crippen LogP contribution < -0.4 is 11.1 Å². The van der Waals surface area contributed by atoms with E-state index in [-0.39, 0.29) is 28.2 Å². The first-order chi connectivity index (χ1) is 20.8. The molecule has 0 aromatic carbocycles. The minimum atomic E-state index is -1.59. The zero-order valence-electron chi connectivity index (χ0n) is 22.9. The largest absolute Gasteiger partial charge is 0.400 e. The molecular weight excluding hydrogens is 643 g/mol. The maximum absolute atomic E-state index is 13.6. The van der Waals surface area contributed by atoms with Gasteiger partial charge in [0.25, 0.3) is 11.8 Å². The van der Waals surface area contributed by atoms with Crippen molar-refractivity contribution < 1.29 is 38.2 Å². The lowest BCUT2D eigenvalue weighted by atomic mass is 10.0. The number of thiazole rings is 1. The molecule has 3 N–H and O–H groups in total. The van der Waals surface area contributed by atoms with Crippen molar-refractivity contribution in [3.63, 3.8) is 0 Å². The molecule has 2 aromatic rings. The van der Waals surface area contributed by atoms with Crippen LogP contribution >= 0.6 is 46.2 Å². The molecule has 2 fully saturated rings. The predicted octanol–water partition coefficient (Wildman–Crippen LogP) is 1.58. The van der Waals surface area contributed by atoms with Gasteiger partial charge in [0.1, 0.15) is 35.4 Å². The second-order valence-corrected chi connectivity index (χ2v) is 13.4. The number of nitrogen functional groups attached to an aromatic ring is 1. The van der Waals surface area contributed by atoms with Gasteiger partial charge in [-0.2, -0.15) is 0 Å². The van der Waals surface area contributed by atoms with Gasteiger partial charge in [-0.25, -0.2) is 9.78 Å². The van der Waals surface area contributed by atoms with Crippen LogP contribution in [0.5, 0.6) is 0 Å². The van der Waals surface area contributed by atoms with E-state index in [0.717, 1.165) is 24.2 Å². The summed E-state index contributed by atoms with van der Waals surface area (Å²) in [6.45, 7) is -1.59. The molecule has 230 valence electrons.